The van der Waals surface area contributed by atoms with Crippen LogP contribution in [0.5, 0.6) is 0 Å². The number of carbonyl (C=O) groups excluding carboxylic acids is 1. The van der Waals surface area contributed by atoms with Crippen molar-refractivity contribution >= 4 is 17.7 Å². The average Bonchev–Trinajstić information content (AvgIpc) is 2.72. The number of nitro benzene ring substituents is 1. The Morgan fingerprint density at radius 2 is 1.82 bits per heavy atom. The molecule has 1 heterocycles. The van der Waals surface area contributed by atoms with E-state index in [2.05, 4.69) is 16.3 Å². The molecule has 28 heavy (non-hydrogen) atoms. The van der Waals surface area contributed by atoms with E-state index in [9.17, 15) is 14.9 Å². The minimum absolute atomic E-state index is 0.00852. The van der Waals surface area contributed by atoms with E-state index < -0.39 is 4.92 Å². The molecule has 0 spiro atoms. The van der Waals surface area contributed by atoms with Crippen molar-refractivity contribution in [2.75, 3.05) is 13.1 Å². The van der Waals surface area contributed by atoms with Crippen LogP contribution in [0.3, 0.4) is 0 Å². The summed E-state index contributed by atoms with van der Waals surface area (Å²) in [5.41, 5.74) is 2.99. The second-order valence-electron chi connectivity index (χ2n) is 7.01. The van der Waals surface area contributed by atoms with Crippen LogP contribution in [0, 0.1) is 10.1 Å². The third kappa shape index (κ3) is 5.76. The Bertz CT molecular complexity index is 858. The van der Waals surface area contributed by atoms with Crippen molar-refractivity contribution in [2.24, 2.45) is 0 Å². The Morgan fingerprint density at radius 1 is 1.07 bits per heavy atom. The molecule has 1 N–H and O–H groups in total. The predicted molar refractivity (Wildman–Crippen MR) is 110 cm³/mol. The van der Waals surface area contributed by atoms with Gasteiger partial charge in [0.2, 0.25) is 5.91 Å². The fourth-order valence-electron chi connectivity index (χ4n) is 3.40. The first-order valence-electron chi connectivity index (χ1n) is 9.61. The summed E-state index contributed by atoms with van der Waals surface area (Å²) < 4.78 is 0. The van der Waals surface area contributed by atoms with Crippen LogP contribution < -0.4 is 5.32 Å². The number of nitrogens with zero attached hydrogens (tertiary/aromatic N) is 2. The Morgan fingerprint density at radius 3 is 2.57 bits per heavy atom. The van der Waals surface area contributed by atoms with E-state index in [4.69, 9.17) is 0 Å². The number of rotatable bonds is 7. The maximum atomic E-state index is 12.2. The number of hydrogen-bond acceptors (Lipinski definition) is 4. The molecule has 1 amide bonds. The fraction of sp³-hybridized carbons (Fsp3) is 0.318. The van der Waals surface area contributed by atoms with Crippen molar-refractivity contribution in [3.63, 3.8) is 0 Å². The first-order chi connectivity index (χ1) is 13.6. The van der Waals surface area contributed by atoms with Crippen LogP contribution in [0.25, 0.3) is 6.08 Å². The Balaban J connectivity index is 1.57. The van der Waals surface area contributed by atoms with Crippen LogP contribution in [0.1, 0.15) is 36.0 Å². The number of piperidine rings is 1. The Kier molecular flexibility index (Phi) is 6.92. The molecule has 1 fully saturated rings. The van der Waals surface area contributed by atoms with Gasteiger partial charge < -0.3 is 5.32 Å². The molecule has 6 nitrogen and oxygen atoms in total. The summed E-state index contributed by atoms with van der Waals surface area (Å²) in [5.74, 6) is -0.223. The number of nitrogens with one attached hydrogen (secondary N) is 1. The summed E-state index contributed by atoms with van der Waals surface area (Å²) in [7, 11) is 0. The molecule has 2 aromatic rings. The van der Waals surface area contributed by atoms with Crippen molar-refractivity contribution < 1.29 is 9.72 Å². The summed E-state index contributed by atoms with van der Waals surface area (Å²) in [5, 5.41) is 13.7. The van der Waals surface area contributed by atoms with Gasteiger partial charge in [-0.05, 0) is 48.7 Å². The largest absolute Gasteiger partial charge is 0.348 e. The zero-order chi connectivity index (χ0) is 19.8. The molecular weight excluding hydrogens is 354 g/mol. The molecule has 0 aromatic heterocycles. The van der Waals surface area contributed by atoms with Gasteiger partial charge in [0.15, 0.2) is 0 Å². The summed E-state index contributed by atoms with van der Waals surface area (Å²) in [6.07, 6.45) is 6.81. The molecule has 0 aliphatic carbocycles. The van der Waals surface area contributed by atoms with Crippen LogP contribution in [-0.4, -0.2) is 28.8 Å². The van der Waals surface area contributed by atoms with Crippen LogP contribution in [-0.2, 0) is 17.9 Å². The summed E-state index contributed by atoms with van der Waals surface area (Å²) >= 11 is 0. The number of benzene rings is 2. The number of likely N-dealkylation sites (tertiary alicyclic amines) is 1. The molecular formula is C22H25N3O3. The van der Waals surface area contributed by atoms with Crippen molar-refractivity contribution in [3.8, 4) is 0 Å². The molecule has 1 saturated heterocycles. The third-order valence-electron chi connectivity index (χ3n) is 4.92. The van der Waals surface area contributed by atoms with Gasteiger partial charge in [0.05, 0.1) is 4.92 Å². The SMILES string of the molecule is O=C(/C=C/c1cccc([N+](=O)[O-])c1)NCc1ccccc1CN1CCCCC1. The lowest BCUT2D eigenvalue weighted by molar-refractivity contribution is -0.384. The van der Waals surface area contributed by atoms with Crippen LogP contribution >= 0.6 is 0 Å². The first-order valence-corrected chi connectivity index (χ1v) is 9.61. The van der Waals surface area contributed by atoms with Crippen molar-refractivity contribution in [2.45, 2.75) is 32.4 Å². The maximum Gasteiger partial charge on any atom is 0.270 e. The van der Waals surface area contributed by atoms with E-state index in [0.717, 1.165) is 25.2 Å². The minimum atomic E-state index is -0.448. The Hall–Kier alpha value is -2.99. The topological polar surface area (TPSA) is 75.5 Å². The molecule has 6 heteroatoms. The first kappa shape index (κ1) is 19.8. The van der Waals surface area contributed by atoms with Crippen molar-refractivity contribution in [3.05, 3.63) is 81.4 Å². The van der Waals surface area contributed by atoms with Gasteiger partial charge in [0, 0.05) is 31.3 Å². The second kappa shape index (κ2) is 9.80. The van der Waals surface area contributed by atoms with Crippen molar-refractivity contribution in [1.29, 1.82) is 0 Å². The standard InChI is InChI=1S/C22H25N3O3/c26-22(12-11-18-7-6-10-21(15-18)25(27)28)23-16-19-8-2-3-9-20(19)17-24-13-4-1-5-14-24/h2-3,6-12,15H,1,4-5,13-14,16-17H2,(H,23,26)/b12-11+. The molecule has 0 unspecified atom stereocenters. The number of amides is 1. The molecule has 146 valence electrons. The molecule has 2 aromatic carbocycles. The van der Waals surface area contributed by atoms with Gasteiger partial charge in [-0.2, -0.15) is 0 Å². The van der Waals surface area contributed by atoms with Crippen LogP contribution in [0.15, 0.2) is 54.6 Å². The number of non-ortho nitro benzene ring substituents is 1. The van der Waals surface area contributed by atoms with Crippen LogP contribution in [0.2, 0.25) is 0 Å². The molecule has 1 aliphatic heterocycles. The molecule has 0 saturated carbocycles. The lowest BCUT2D eigenvalue weighted by Gasteiger charge is -2.27. The summed E-state index contributed by atoms with van der Waals surface area (Å²) in [6, 6.07) is 14.4. The van der Waals surface area contributed by atoms with E-state index in [1.54, 1.807) is 18.2 Å². The quantitative estimate of drug-likeness (QED) is 0.450. The van der Waals surface area contributed by atoms with Gasteiger partial charge in [-0.25, -0.2) is 0 Å². The van der Waals surface area contributed by atoms with Gasteiger partial charge in [-0.15, -0.1) is 0 Å². The van der Waals surface area contributed by atoms with E-state index in [1.165, 1.54) is 43.0 Å². The van der Waals surface area contributed by atoms with Gasteiger partial charge in [-0.1, -0.05) is 42.8 Å². The van der Waals surface area contributed by atoms with Crippen LogP contribution in [0.4, 0.5) is 5.69 Å². The highest BCUT2D eigenvalue weighted by atomic mass is 16.6. The number of carbonyl (C=O) groups is 1. The molecule has 1 aliphatic rings. The lowest BCUT2D eigenvalue weighted by Crippen LogP contribution is -2.30. The van der Waals surface area contributed by atoms with E-state index in [1.807, 2.05) is 18.2 Å². The number of nitro groups is 1. The molecule has 0 atom stereocenters. The second-order valence-corrected chi connectivity index (χ2v) is 7.01. The fourth-order valence-corrected chi connectivity index (χ4v) is 3.40. The number of hydrogen-bond donors (Lipinski definition) is 1. The average molecular weight is 379 g/mol. The van der Waals surface area contributed by atoms with Gasteiger partial charge in [0.25, 0.3) is 5.69 Å². The predicted octanol–water partition coefficient (Wildman–Crippen LogP) is 3.91. The van der Waals surface area contributed by atoms with Gasteiger partial charge >= 0.3 is 0 Å². The zero-order valence-corrected chi connectivity index (χ0v) is 15.8. The van der Waals surface area contributed by atoms with Gasteiger partial charge in [0.1, 0.15) is 0 Å². The normalized spacial score (nSPS) is 14.9. The highest BCUT2D eigenvalue weighted by Gasteiger charge is 2.12. The van der Waals surface area contributed by atoms with E-state index >= 15 is 0 Å². The zero-order valence-electron chi connectivity index (χ0n) is 15.8. The van der Waals surface area contributed by atoms with E-state index in [-0.39, 0.29) is 11.6 Å². The van der Waals surface area contributed by atoms with E-state index in [0.29, 0.717) is 12.1 Å². The van der Waals surface area contributed by atoms with Gasteiger partial charge in [-0.3, -0.25) is 19.8 Å². The Labute approximate surface area is 165 Å². The third-order valence-corrected chi connectivity index (χ3v) is 4.92. The highest BCUT2D eigenvalue weighted by Crippen LogP contribution is 2.16. The highest BCUT2D eigenvalue weighted by molar-refractivity contribution is 5.91. The maximum absolute atomic E-state index is 12.2. The molecule has 3 rings (SSSR count). The summed E-state index contributed by atoms with van der Waals surface area (Å²) in [4.78, 5) is 25.0. The molecule has 0 bridgehead atoms. The lowest BCUT2D eigenvalue weighted by atomic mass is 10.0. The smallest absolute Gasteiger partial charge is 0.270 e. The van der Waals surface area contributed by atoms with Crippen molar-refractivity contribution in [1.82, 2.24) is 10.2 Å². The molecule has 0 radical (unpaired) electrons. The summed E-state index contributed by atoms with van der Waals surface area (Å²) in [6.45, 7) is 3.64. The minimum Gasteiger partial charge on any atom is -0.348 e. The monoisotopic (exact) mass is 379 g/mol.